The topological polar surface area (TPSA) is 67.9 Å². The number of rotatable bonds is 7. The summed E-state index contributed by atoms with van der Waals surface area (Å²) < 4.78 is 12.3. The van der Waals surface area contributed by atoms with Crippen molar-refractivity contribution >= 4 is 80.4 Å². The van der Waals surface area contributed by atoms with Crippen LogP contribution in [0.5, 0.6) is 11.5 Å². The van der Waals surface area contributed by atoms with Gasteiger partial charge in [0.1, 0.15) is 0 Å². The molecule has 10 heteroatoms. The first-order valence-electron chi connectivity index (χ1n) is 9.60. The Morgan fingerprint density at radius 2 is 2.09 bits per heavy atom. The van der Waals surface area contributed by atoms with Crippen LogP contribution < -0.4 is 14.9 Å². The quantitative estimate of drug-likeness (QED) is 0.253. The van der Waals surface area contributed by atoms with E-state index in [-0.39, 0.29) is 9.88 Å². The van der Waals surface area contributed by atoms with E-state index in [1.165, 1.54) is 0 Å². The van der Waals surface area contributed by atoms with Gasteiger partial charge < -0.3 is 9.47 Å². The Bertz CT molecular complexity index is 1120. The highest BCUT2D eigenvalue weighted by Gasteiger charge is 2.34. The minimum Gasteiger partial charge on any atom is -0.493 e. The smallest absolute Gasteiger partial charge is 0.285 e. The minimum absolute atomic E-state index is 0.224. The number of methoxy groups -OCH3 is 1. The number of amides is 2. The number of nitrogens with one attached hydrogen (secondary N) is 1. The third-order valence-corrected chi connectivity index (χ3v) is 6.79. The molecule has 6 nitrogen and oxygen atoms in total. The molecule has 1 N–H and O–H groups in total. The Hall–Kier alpha value is -1.82. The van der Waals surface area contributed by atoms with Gasteiger partial charge in [0, 0.05) is 0 Å². The molecule has 0 radical (unpaired) electrons. The highest BCUT2D eigenvalue weighted by molar-refractivity contribution is 14.1. The van der Waals surface area contributed by atoms with Crippen molar-refractivity contribution in [3.05, 3.63) is 60.5 Å². The van der Waals surface area contributed by atoms with Crippen LogP contribution in [-0.4, -0.2) is 34.9 Å². The summed E-state index contributed by atoms with van der Waals surface area (Å²) in [5.74, 6) is 0.314. The van der Waals surface area contributed by atoms with E-state index in [4.69, 9.17) is 33.3 Å². The number of thiocarbonyl (C=S) groups is 1. The molecule has 1 aliphatic rings. The fourth-order valence-electron chi connectivity index (χ4n) is 2.85. The number of hydrazine groups is 1. The number of hydrogen-bond acceptors (Lipinski definition) is 6. The number of aryl methyl sites for hydroxylation is 1. The fraction of sp³-hybridized carbons (Fsp3) is 0.227. The first kappa shape index (κ1) is 24.8. The molecule has 0 aliphatic carbocycles. The normalized spacial score (nSPS) is 14.8. The molecule has 1 saturated heterocycles. The van der Waals surface area contributed by atoms with Gasteiger partial charge in [0.15, 0.2) is 15.8 Å². The van der Waals surface area contributed by atoms with Crippen LogP contribution >= 0.6 is 58.2 Å². The first-order valence-corrected chi connectivity index (χ1v) is 12.3. The number of benzene rings is 2. The van der Waals surface area contributed by atoms with Gasteiger partial charge in [-0.1, -0.05) is 36.4 Å². The molecule has 0 unspecified atom stereocenters. The summed E-state index contributed by atoms with van der Waals surface area (Å²) in [6.45, 7) is 4.48. The van der Waals surface area contributed by atoms with Gasteiger partial charge in [-0.05, 0) is 89.6 Å². The van der Waals surface area contributed by atoms with E-state index in [1.54, 1.807) is 37.5 Å². The molecule has 0 spiro atoms. The Morgan fingerprint density at radius 1 is 1.34 bits per heavy atom. The third kappa shape index (κ3) is 5.56. The van der Waals surface area contributed by atoms with Crippen molar-refractivity contribution in [2.24, 2.45) is 0 Å². The molecule has 2 amide bonds. The van der Waals surface area contributed by atoms with Crippen LogP contribution in [-0.2, 0) is 4.79 Å². The Balaban J connectivity index is 1.82. The predicted octanol–water partition coefficient (Wildman–Crippen LogP) is 5.60. The van der Waals surface area contributed by atoms with E-state index >= 15 is 0 Å². The summed E-state index contributed by atoms with van der Waals surface area (Å²) in [6.07, 6.45) is 2.58. The van der Waals surface area contributed by atoms with Gasteiger partial charge in [0.25, 0.3) is 11.8 Å². The first-order chi connectivity index (χ1) is 15.2. The molecule has 0 atom stereocenters. The number of ether oxygens (including phenoxy) is 2. The molecule has 3 rings (SSSR count). The molecule has 0 bridgehead atoms. The molecule has 1 fully saturated rings. The molecular formula is C22H20ClIN2O4S2. The highest BCUT2D eigenvalue weighted by atomic mass is 127. The zero-order valence-corrected chi connectivity index (χ0v) is 22.1. The van der Waals surface area contributed by atoms with E-state index in [1.807, 2.05) is 19.9 Å². The summed E-state index contributed by atoms with van der Waals surface area (Å²) in [5, 5.41) is 1.36. The number of halogens is 2. The SMILES string of the molecule is CCCOc1c(I)cc(/C=C2\SC(=S)N(NC(=O)c3ccc(C)cc3Cl)C2=O)cc1OC. The van der Waals surface area contributed by atoms with Crippen LogP contribution in [0.25, 0.3) is 6.08 Å². The van der Waals surface area contributed by atoms with Gasteiger partial charge in [-0.25, -0.2) is 0 Å². The lowest BCUT2D eigenvalue weighted by Gasteiger charge is -2.16. The zero-order chi connectivity index (χ0) is 23.4. The van der Waals surface area contributed by atoms with Crippen LogP contribution in [0.1, 0.15) is 34.8 Å². The number of hydrogen-bond donors (Lipinski definition) is 1. The molecule has 2 aromatic carbocycles. The van der Waals surface area contributed by atoms with E-state index < -0.39 is 11.8 Å². The maximum Gasteiger partial charge on any atom is 0.285 e. The van der Waals surface area contributed by atoms with E-state index in [0.717, 1.165) is 37.9 Å². The summed E-state index contributed by atoms with van der Waals surface area (Å²) in [7, 11) is 1.57. The largest absolute Gasteiger partial charge is 0.493 e. The van der Waals surface area contributed by atoms with E-state index in [2.05, 4.69) is 28.0 Å². The van der Waals surface area contributed by atoms with Crippen molar-refractivity contribution in [2.75, 3.05) is 13.7 Å². The summed E-state index contributed by atoms with van der Waals surface area (Å²) in [4.78, 5) is 25.9. The number of carbonyl (C=O) groups is 2. The molecule has 0 aromatic heterocycles. The van der Waals surface area contributed by atoms with Gasteiger partial charge in [-0.3, -0.25) is 15.0 Å². The minimum atomic E-state index is -0.513. The molecule has 1 heterocycles. The maximum absolute atomic E-state index is 12.9. The second-order valence-corrected chi connectivity index (χ2v) is 10.1. The monoisotopic (exact) mass is 602 g/mol. The van der Waals surface area contributed by atoms with Crippen LogP contribution in [0.3, 0.4) is 0 Å². The van der Waals surface area contributed by atoms with Gasteiger partial charge in [-0.2, -0.15) is 5.01 Å². The van der Waals surface area contributed by atoms with Gasteiger partial charge in [0.05, 0.1) is 32.8 Å². The van der Waals surface area contributed by atoms with Crippen LogP contribution in [0.15, 0.2) is 35.2 Å². The lowest BCUT2D eigenvalue weighted by atomic mass is 10.1. The fourth-order valence-corrected chi connectivity index (χ4v) is 5.13. The number of nitrogens with zero attached hydrogens (tertiary/aromatic N) is 1. The molecule has 1 aliphatic heterocycles. The molecule has 0 saturated carbocycles. The van der Waals surface area contributed by atoms with Crippen molar-refractivity contribution < 1.29 is 19.1 Å². The lowest BCUT2D eigenvalue weighted by molar-refractivity contribution is -0.123. The van der Waals surface area contributed by atoms with Crippen LogP contribution in [0, 0.1) is 10.5 Å². The average molecular weight is 603 g/mol. The second kappa shape index (κ2) is 10.9. The van der Waals surface area contributed by atoms with E-state index in [0.29, 0.717) is 28.0 Å². The lowest BCUT2D eigenvalue weighted by Crippen LogP contribution is -2.44. The van der Waals surface area contributed by atoms with Crippen molar-refractivity contribution in [1.29, 1.82) is 0 Å². The van der Waals surface area contributed by atoms with Crippen molar-refractivity contribution in [3.8, 4) is 11.5 Å². The van der Waals surface area contributed by atoms with Gasteiger partial charge in [-0.15, -0.1) is 0 Å². The van der Waals surface area contributed by atoms with Gasteiger partial charge >= 0.3 is 0 Å². The molecule has 2 aromatic rings. The van der Waals surface area contributed by atoms with Gasteiger partial charge in [0.2, 0.25) is 0 Å². The molecular weight excluding hydrogens is 583 g/mol. The molecule has 32 heavy (non-hydrogen) atoms. The summed E-state index contributed by atoms with van der Waals surface area (Å²) in [5.41, 5.74) is 4.49. The number of carbonyl (C=O) groups excluding carboxylic acids is 2. The van der Waals surface area contributed by atoms with E-state index in [9.17, 15) is 9.59 Å². The Kier molecular flexibility index (Phi) is 8.43. The standard InChI is InChI=1S/C22H20ClIN2O4S2/c1-4-7-30-19-16(24)9-13(10-17(19)29-3)11-18-21(28)26(22(31)32-18)25-20(27)14-6-5-12(2)8-15(14)23/h5-6,8-11H,4,7H2,1-3H3,(H,25,27)/b18-11-. The van der Waals surface area contributed by atoms with Crippen molar-refractivity contribution in [2.45, 2.75) is 20.3 Å². The number of thioether (sulfide) groups is 1. The third-order valence-electron chi connectivity index (χ3n) is 4.38. The Morgan fingerprint density at radius 3 is 2.75 bits per heavy atom. The molecule has 168 valence electrons. The predicted molar refractivity (Wildman–Crippen MR) is 140 cm³/mol. The van der Waals surface area contributed by atoms with Crippen molar-refractivity contribution in [3.63, 3.8) is 0 Å². The highest BCUT2D eigenvalue weighted by Crippen LogP contribution is 2.37. The zero-order valence-electron chi connectivity index (χ0n) is 17.5. The summed E-state index contributed by atoms with van der Waals surface area (Å²) in [6, 6.07) is 8.75. The van der Waals surface area contributed by atoms with Crippen molar-refractivity contribution in [1.82, 2.24) is 10.4 Å². The average Bonchev–Trinajstić information content (AvgIpc) is 2.99. The second-order valence-electron chi connectivity index (χ2n) is 6.82. The summed E-state index contributed by atoms with van der Waals surface area (Å²) >= 11 is 14.8. The Labute approximate surface area is 214 Å². The maximum atomic E-state index is 12.9. The van der Waals surface area contributed by atoms with Crippen LogP contribution in [0.4, 0.5) is 0 Å². The van der Waals surface area contributed by atoms with Crippen LogP contribution in [0.2, 0.25) is 5.02 Å².